The molecule has 1 aromatic carbocycles. The molecule has 5 nitrogen and oxygen atoms in total. The Labute approximate surface area is 97.1 Å². The molecule has 1 aromatic heterocycles. The van der Waals surface area contributed by atoms with Crippen LogP contribution in [0.25, 0.3) is 11.4 Å². The zero-order valence-corrected chi connectivity index (χ0v) is 9.90. The van der Waals surface area contributed by atoms with Crippen molar-refractivity contribution >= 4 is 19.7 Å². The van der Waals surface area contributed by atoms with Crippen molar-refractivity contribution in [3.05, 3.63) is 30.6 Å². The third-order valence-corrected chi connectivity index (χ3v) is 3.48. The van der Waals surface area contributed by atoms with Crippen LogP contribution < -0.4 is 0 Å². The van der Waals surface area contributed by atoms with Crippen molar-refractivity contribution in [3.63, 3.8) is 0 Å². The lowest BCUT2D eigenvalue weighted by atomic mass is 10.2. The quantitative estimate of drug-likeness (QED) is 0.763. The first-order valence-corrected chi connectivity index (χ1v) is 6.69. The van der Waals surface area contributed by atoms with E-state index in [0.717, 1.165) is 0 Å². The molecule has 84 valence electrons. The van der Waals surface area contributed by atoms with E-state index in [1.54, 1.807) is 29.8 Å². The number of rotatable bonds is 2. The van der Waals surface area contributed by atoms with Crippen molar-refractivity contribution < 1.29 is 8.42 Å². The average Bonchev–Trinajstić information content (AvgIpc) is 2.63. The molecule has 1 heterocycles. The van der Waals surface area contributed by atoms with Gasteiger partial charge in [0.25, 0.3) is 9.05 Å². The summed E-state index contributed by atoms with van der Waals surface area (Å²) in [6, 6.07) is 6.40. The molecule has 0 amide bonds. The summed E-state index contributed by atoms with van der Waals surface area (Å²) in [6.07, 6.45) is 1.49. The van der Waals surface area contributed by atoms with Crippen LogP contribution in [0.5, 0.6) is 0 Å². The molecule has 0 aliphatic carbocycles. The molecule has 0 radical (unpaired) electrons. The number of halogens is 1. The Morgan fingerprint density at radius 3 is 2.56 bits per heavy atom. The van der Waals surface area contributed by atoms with E-state index in [1.807, 2.05) is 0 Å². The number of aromatic nitrogens is 3. The van der Waals surface area contributed by atoms with Gasteiger partial charge in [0, 0.05) is 23.3 Å². The van der Waals surface area contributed by atoms with Gasteiger partial charge in [0.15, 0.2) is 5.82 Å². The molecule has 0 atom stereocenters. The number of benzene rings is 1. The maximum Gasteiger partial charge on any atom is 0.262 e. The maximum absolute atomic E-state index is 11.4. The molecule has 0 saturated heterocycles. The second-order valence-electron chi connectivity index (χ2n) is 3.20. The lowest BCUT2D eigenvalue weighted by Crippen LogP contribution is -1.98. The highest BCUT2D eigenvalue weighted by Gasteiger charge is 2.18. The molecular formula is C9H8ClN3O2S. The molecule has 0 saturated carbocycles. The fourth-order valence-corrected chi connectivity index (χ4v) is 2.46. The van der Waals surface area contributed by atoms with Gasteiger partial charge in [0.2, 0.25) is 0 Å². The number of aryl methyl sites for hydroxylation is 1. The molecule has 0 aliphatic heterocycles. The normalized spacial score (nSPS) is 11.6. The number of nitrogens with zero attached hydrogens (tertiary/aromatic N) is 3. The van der Waals surface area contributed by atoms with Crippen LogP contribution in [-0.2, 0) is 16.1 Å². The summed E-state index contributed by atoms with van der Waals surface area (Å²) in [6.45, 7) is 0. The van der Waals surface area contributed by atoms with Gasteiger partial charge in [-0.2, -0.15) is 0 Å². The third kappa shape index (κ3) is 1.94. The van der Waals surface area contributed by atoms with Gasteiger partial charge in [-0.15, -0.1) is 10.2 Å². The minimum atomic E-state index is -3.79. The molecule has 0 N–H and O–H groups in total. The molecule has 0 spiro atoms. The zero-order valence-electron chi connectivity index (χ0n) is 8.33. The Balaban J connectivity index is 2.72. The monoisotopic (exact) mass is 257 g/mol. The molecule has 0 bridgehead atoms. The first kappa shape index (κ1) is 11.1. The van der Waals surface area contributed by atoms with Crippen LogP contribution in [0.2, 0.25) is 0 Å². The standard InChI is InChI=1S/C9H8ClN3O2S/c1-13-6-11-12-9(13)7-4-2-3-5-8(7)16(10,14)15/h2-6H,1H3. The molecular weight excluding hydrogens is 250 g/mol. The first-order valence-electron chi connectivity index (χ1n) is 4.38. The second-order valence-corrected chi connectivity index (χ2v) is 5.73. The summed E-state index contributed by atoms with van der Waals surface area (Å²) in [5, 5.41) is 7.55. The molecule has 0 aliphatic rings. The van der Waals surface area contributed by atoms with E-state index in [9.17, 15) is 8.42 Å². The van der Waals surface area contributed by atoms with Crippen molar-refractivity contribution in [2.75, 3.05) is 0 Å². The van der Waals surface area contributed by atoms with Crippen LogP contribution in [0, 0.1) is 0 Å². The van der Waals surface area contributed by atoms with Gasteiger partial charge in [-0.05, 0) is 12.1 Å². The van der Waals surface area contributed by atoms with Crippen molar-refractivity contribution in [2.24, 2.45) is 7.05 Å². The van der Waals surface area contributed by atoms with Gasteiger partial charge < -0.3 is 4.57 Å². The van der Waals surface area contributed by atoms with E-state index in [0.29, 0.717) is 11.4 Å². The van der Waals surface area contributed by atoms with E-state index < -0.39 is 9.05 Å². The van der Waals surface area contributed by atoms with Gasteiger partial charge in [-0.25, -0.2) is 8.42 Å². The van der Waals surface area contributed by atoms with Crippen LogP contribution in [0.4, 0.5) is 0 Å². The van der Waals surface area contributed by atoms with Gasteiger partial charge in [0.1, 0.15) is 6.33 Å². The Hall–Kier alpha value is -1.40. The average molecular weight is 258 g/mol. The maximum atomic E-state index is 11.4. The van der Waals surface area contributed by atoms with Gasteiger partial charge in [-0.1, -0.05) is 12.1 Å². The summed E-state index contributed by atoms with van der Waals surface area (Å²) in [5.74, 6) is 0.458. The minimum Gasteiger partial charge on any atom is -0.317 e. The van der Waals surface area contributed by atoms with Crippen molar-refractivity contribution in [1.29, 1.82) is 0 Å². The summed E-state index contributed by atoms with van der Waals surface area (Å²) >= 11 is 0. The fraction of sp³-hybridized carbons (Fsp3) is 0.111. The molecule has 2 aromatic rings. The molecule has 0 unspecified atom stereocenters. The van der Waals surface area contributed by atoms with E-state index in [4.69, 9.17) is 10.7 Å². The predicted molar refractivity (Wildman–Crippen MR) is 59.5 cm³/mol. The van der Waals surface area contributed by atoms with Crippen LogP contribution in [-0.4, -0.2) is 23.2 Å². The Morgan fingerprint density at radius 2 is 2.00 bits per heavy atom. The third-order valence-electron chi connectivity index (χ3n) is 2.10. The van der Waals surface area contributed by atoms with E-state index in [1.165, 1.54) is 12.4 Å². The Bertz CT molecular complexity index is 621. The number of hydrogen-bond acceptors (Lipinski definition) is 4. The van der Waals surface area contributed by atoms with Crippen LogP contribution in [0.1, 0.15) is 0 Å². The summed E-state index contributed by atoms with van der Waals surface area (Å²) in [4.78, 5) is 0.0350. The Kier molecular flexibility index (Phi) is 2.69. The lowest BCUT2D eigenvalue weighted by Gasteiger charge is -2.04. The van der Waals surface area contributed by atoms with Crippen molar-refractivity contribution in [2.45, 2.75) is 4.90 Å². The van der Waals surface area contributed by atoms with Crippen LogP contribution in [0.3, 0.4) is 0 Å². The van der Waals surface area contributed by atoms with E-state index >= 15 is 0 Å². The molecule has 0 fully saturated rings. The van der Waals surface area contributed by atoms with Crippen LogP contribution in [0.15, 0.2) is 35.5 Å². The highest BCUT2D eigenvalue weighted by atomic mass is 35.7. The highest BCUT2D eigenvalue weighted by Crippen LogP contribution is 2.27. The Morgan fingerprint density at radius 1 is 1.31 bits per heavy atom. The summed E-state index contributed by atoms with van der Waals surface area (Å²) in [7, 11) is 3.29. The topological polar surface area (TPSA) is 64.8 Å². The lowest BCUT2D eigenvalue weighted by molar-refractivity contribution is 0.609. The fourth-order valence-electron chi connectivity index (χ4n) is 1.39. The smallest absolute Gasteiger partial charge is 0.262 e. The first-order chi connectivity index (χ1) is 7.50. The van der Waals surface area contributed by atoms with Crippen molar-refractivity contribution in [1.82, 2.24) is 14.8 Å². The van der Waals surface area contributed by atoms with E-state index in [2.05, 4.69) is 10.2 Å². The summed E-state index contributed by atoms with van der Waals surface area (Å²) < 4.78 is 24.4. The van der Waals surface area contributed by atoms with Crippen LogP contribution >= 0.6 is 10.7 Å². The van der Waals surface area contributed by atoms with Gasteiger partial charge in [-0.3, -0.25) is 0 Å². The number of hydrogen-bond donors (Lipinski definition) is 0. The molecule has 16 heavy (non-hydrogen) atoms. The second kappa shape index (κ2) is 3.88. The SMILES string of the molecule is Cn1cnnc1-c1ccccc1S(=O)(=O)Cl. The van der Waals surface area contributed by atoms with E-state index in [-0.39, 0.29) is 4.90 Å². The minimum absolute atomic E-state index is 0.0350. The molecule has 7 heteroatoms. The predicted octanol–water partition coefficient (Wildman–Crippen LogP) is 1.41. The van der Waals surface area contributed by atoms with Gasteiger partial charge in [0.05, 0.1) is 4.90 Å². The summed E-state index contributed by atoms with van der Waals surface area (Å²) in [5.41, 5.74) is 0.442. The largest absolute Gasteiger partial charge is 0.317 e. The van der Waals surface area contributed by atoms with Gasteiger partial charge >= 0.3 is 0 Å². The zero-order chi connectivity index (χ0) is 11.8. The highest BCUT2D eigenvalue weighted by molar-refractivity contribution is 8.13. The van der Waals surface area contributed by atoms with Crippen molar-refractivity contribution in [3.8, 4) is 11.4 Å². The molecule has 2 rings (SSSR count).